The standard InChI is InChI=1S/C15H18N2O4/c1-4-21-15(19)13(17-10(2)18)8-11-5-6-14(20-3)12(7-11)9-16/h5-7,13H,4,8H2,1-3H3,(H,17,18)/t13-/m0/s1. The Morgan fingerprint density at radius 3 is 2.67 bits per heavy atom. The van der Waals surface area contributed by atoms with E-state index in [0.29, 0.717) is 11.3 Å². The Morgan fingerprint density at radius 1 is 1.43 bits per heavy atom. The third kappa shape index (κ3) is 4.80. The van der Waals surface area contributed by atoms with Gasteiger partial charge in [0.1, 0.15) is 17.9 Å². The first-order valence-electron chi connectivity index (χ1n) is 6.52. The molecule has 0 radical (unpaired) electrons. The molecule has 1 N–H and O–H groups in total. The van der Waals surface area contributed by atoms with Crippen LogP contribution in [0.5, 0.6) is 5.75 Å². The van der Waals surface area contributed by atoms with Crippen LogP contribution in [-0.2, 0) is 20.7 Å². The smallest absolute Gasteiger partial charge is 0.328 e. The minimum Gasteiger partial charge on any atom is -0.495 e. The van der Waals surface area contributed by atoms with Crippen molar-refractivity contribution in [1.29, 1.82) is 5.26 Å². The van der Waals surface area contributed by atoms with Crippen molar-refractivity contribution in [2.24, 2.45) is 0 Å². The Hall–Kier alpha value is -2.55. The van der Waals surface area contributed by atoms with E-state index in [2.05, 4.69) is 5.32 Å². The van der Waals surface area contributed by atoms with Crippen LogP contribution in [0.4, 0.5) is 0 Å². The first-order chi connectivity index (χ1) is 10.0. The van der Waals surface area contributed by atoms with Crippen LogP contribution in [0.15, 0.2) is 18.2 Å². The van der Waals surface area contributed by atoms with Crippen LogP contribution in [0.3, 0.4) is 0 Å². The summed E-state index contributed by atoms with van der Waals surface area (Å²) in [7, 11) is 1.48. The molecule has 21 heavy (non-hydrogen) atoms. The quantitative estimate of drug-likeness (QED) is 0.795. The number of carbonyl (C=O) groups is 2. The summed E-state index contributed by atoms with van der Waals surface area (Å²) in [6.07, 6.45) is 0.247. The molecule has 1 amide bonds. The molecule has 1 aromatic carbocycles. The number of rotatable bonds is 6. The predicted octanol–water partition coefficient (Wildman–Crippen LogP) is 1.18. The summed E-state index contributed by atoms with van der Waals surface area (Å²) < 4.78 is 10.00. The number of esters is 1. The normalized spacial score (nSPS) is 11.1. The third-order valence-corrected chi connectivity index (χ3v) is 2.77. The zero-order valence-electron chi connectivity index (χ0n) is 12.3. The molecule has 6 heteroatoms. The lowest BCUT2D eigenvalue weighted by molar-refractivity contribution is -0.147. The summed E-state index contributed by atoms with van der Waals surface area (Å²) in [5.41, 5.74) is 1.11. The highest BCUT2D eigenvalue weighted by Crippen LogP contribution is 2.19. The fourth-order valence-electron chi connectivity index (χ4n) is 1.89. The molecule has 0 aliphatic carbocycles. The predicted molar refractivity (Wildman–Crippen MR) is 75.7 cm³/mol. The molecule has 0 saturated heterocycles. The van der Waals surface area contributed by atoms with E-state index < -0.39 is 12.0 Å². The van der Waals surface area contributed by atoms with Gasteiger partial charge in [-0.3, -0.25) is 4.79 Å². The fourth-order valence-corrected chi connectivity index (χ4v) is 1.89. The molecule has 1 aromatic rings. The van der Waals surface area contributed by atoms with E-state index in [9.17, 15) is 9.59 Å². The van der Waals surface area contributed by atoms with Gasteiger partial charge in [-0.15, -0.1) is 0 Å². The molecule has 0 unspecified atom stereocenters. The topological polar surface area (TPSA) is 88.4 Å². The molecular formula is C15H18N2O4. The highest BCUT2D eigenvalue weighted by Gasteiger charge is 2.21. The number of nitrogens with zero attached hydrogens (tertiary/aromatic N) is 1. The van der Waals surface area contributed by atoms with E-state index in [1.54, 1.807) is 25.1 Å². The van der Waals surface area contributed by atoms with Gasteiger partial charge in [-0.2, -0.15) is 5.26 Å². The number of methoxy groups -OCH3 is 1. The van der Waals surface area contributed by atoms with Crippen molar-refractivity contribution < 1.29 is 19.1 Å². The largest absolute Gasteiger partial charge is 0.495 e. The van der Waals surface area contributed by atoms with E-state index >= 15 is 0 Å². The second-order valence-electron chi connectivity index (χ2n) is 4.36. The monoisotopic (exact) mass is 290 g/mol. The van der Waals surface area contributed by atoms with Gasteiger partial charge in [0.05, 0.1) is 19.3 Å². The van der Waals surface area contributed by atoms with Crippen molar-refractivity contribution in [2.45, 2.75) is 26.3 Å². The van der Waals surface area contributed by atoms with E-state index in [-0.39, 0.29) is 18.9 Å². The molecule has 0 aromatic heterocycles. The van der Waals surface area contributed by atoms with Crippen molar-refractivity contribution in [2.75, 3.05) is 13.7 Å². The van der Waals surface area contributed by atoms with Crippen LogP contribution in [0.25, 0.3) is 0 Å². The molecule has 0 bridgehead atoms. The van der Waals surface area contributed by atoms with E-state index in [1.165, 1.54) is 14.0 Å². The van der Waals surface area contributed by atoms with Gasteiger partial charge in [-0.25, -0.2) is 4.79 Å². The number of benzene rings is 1. The van der Waals surface area contributed by atoms with Gasteiger partial charge in [0.2, 0.25) is 5.91 Å². The first-order valence-corrected chi connectivity index (χ1v) is 6.52. The van der Waals surface area contributed by atoms with Crippen molar-refractivity contribution in [3.63, 3.8) is 0 Å². The summed E-state index contributed by atoms with van der Waals surface area (Å²) >= 11 is 0. The number of ether oxygens (including phenoxy) is 2. The van der Waals surface area contributed by atoms with Crippen LogP contribution in [0, 0.1) is 11.3 Å². The molecule has 0 saturated carbocycles. The van der Waals surface area contributed by atoms with Gasteiger partial charge in [-0.05, 0) is 24.6 Å². The first kappa shape index (κ1) is 16.5. The molecule has 0 heterocycles. The van der Waals surface area contributed by atoms with Crippen LogP contribution in [0.1, 0.15) is 25.0 Å². The molecule has 1 atom stereocenters. The van der Waals surface area contributed by atoms with Crippen LogP contribution in [-0.4, -0.2) is 31.6 Å². The molecule has 0 fully saturated rings. The molecule has 6 nitrogen and oxygen atoms in total. The van der Waals surface area contributed by atoms with Crippen molar-refractivity contribution in [1.82, 2.24) is 5.32 Å². The van der Waals surface area contributed by atoms with E-state index in [4.69, 9.17) is 14.7 Å². The fraction of sp³-hybridized carbons (Fsp3) is 0.400. The lowest BCUT2D eigenvalue weighted by Gasteiger charge is -2.16. The number of carbonyl (C=O) groups excluding carboxylic acids is 2. The maximum absolute atomic E-state index is 11.8. The second kappa shape index (κ2) is 7.90. The number of hydrogen-bond donors (Lipinski definition) is 1. The number of hydrogen-bond acceptors (Lipinski definition) is 5. The lowest BCUT2D eigenvalue weighted by Crippen LogP contribution is -2.42. The van der Waals surface area contributed by atoms with Crippen molar-refractivity contribution in [3.8, 4) is 11.8 Å². The average molecular weight is 290 g/mol. The third-order valence-electron chi connectivity index (χ3n) is 2.77. The maximum Gasteiger partial charge on any atom is 0.328 e. The Bertz CT molecular complexity index is 563. The molecule has 0 aliphatic heterocycles. The summed E-state index contributed by atoms with van der Waals surface area (Å²) in [5, 5.41) is 11.6. The van der Waals surface area contributed by atoms with Gasteiger partial charge in [0, 0.05) is 13.3 Å². The lowest BCUT2D eigenvalue weighted by atomic mass is 10.0. The summed E-state index contributed by atoms with van der Waals surface area (Å²) in [6.45, 7) is 3.27. The second-order valence-corrected chi connectivity index (χ2v) is 4.36. The number of nitriles is 1. The highest BCUT2D eigenvalue weighted by atomic mass is 16.5. The SMILES string of the molecule is CCOC(=O)[C@H](Cc1ccc(OC)c(C#N)c1)NC(C)=O. The minimum atomic E-state index is -0.776. The molecule has 1 rings (SSSR count). The summed E-state index contributed by atoms with van der Waals surface area (Å²) in [4.78, 5) is 23.0. The van der Waals surface area contributed by atoms with E-state index in [1.807, 2.05) is 6.07 Å². The van der Waals surface area contributed by atoms with Gasteiger partial charge >= 0.3 is 5.97 Å². The molecule has 0 aliphatic rings. The van der Waals surface area contributed by atoms with Crippen LogP contribution in [0.2, 0.25) is 0 Å². The average Bonchev–Trinajstić information content (AvgIpc) is 2.46. The molecule has 112 valence electrons. The molecular weight excluding hydrogens is 272 g/mol. The minimum absolute atomic E-state index is 0.237. The summed E-state index contributed by atoms with van der Waals surface area (Å²) in [5.74, 6) is -0.349. The number of nitrogens with one attached hydrogen (secondary N) is 1. The van der Waals surface area contributed by atoms with Gasteiger partial charge in [-0.1, -0.05) is 6.07 Å². The van der Waals surface area contributed by atoms with Gasteiger partial charge in [0.15, 0.2) is 0 Å². The number of amides is 1. The van der Waals surface area contributed by atoms with Crippen LogP contribution < -0.4 is 10.1 Å². The van der Waals surface area contributed by atoms with Crippen molar-refractivity contribution in [3.05, 3.63) is 29.3 Å². The van der Waals surface area contributed by atoms with Gasteiger partial charge in [0.25, 0.3) is 0 Å². The van der Waals surface area contributed by atoms with E-state index in [0.717, 1.165) is 5.56 Å². The Kier molecular flexibility index (Phi) is 6.21. The Labute approximate surface area is 123 Å². The summed E-state index contributed by atoms with van der Waals surface area (Å²) in [6, 6.07) is 6.28. The maximum atomic E-state index is 11.8. The van der Waals surface area contributed by atoms with Crippen LogP contribution >= 0.6 is 0 Å². The van der Waals surface area contributed by atoms with Gasteiger partial charge < -0.3 is 14.8 Å². The Balaban J connectivity index is 2.95. The molecule has 0 spiro atoms. The Morgan fingerprint density at radius 2 is 2.14 bits per heavy atom. The zero-order valence-corrected chi connectivity index (χ0v) is 12.3. The zero-order chi connectivity index (χ0) is 15.8. The highest BCUT2D eigenvalue weighted by molar-refractivity contribution is 5.83. The van der Waals surface area contributed by atoms with Crippen molar-refractivity contribution >= 4 is 11.9 Å².